The minimum Gasteiger partial charge on any atom is -0.404 e. The number of nitrogens with zero attached hydrogens (tertiary/aromatic N) is 4. The summed E-state index contributed by atoms with van der Waals surface area (Å²) in [5.74, 6) is -13.2. The van der Waals surface area contributed by atoms with Crippen molar-refractivity contribution in [3.63, 3.8) is 0 Å². The summed E-state index contributed by atoms with van der Waals surface area (Å²) in [6, 6.07) is 26.7. The van der Waals surface area contributed by atoms with Crippen LogP contribution in [0.15, 0.2) is 147 Å². The highest BCUT2D eigenvalue weighted by Crippen LogP contribution is 2.60. The minimum absolute atomic E-state index is 0. The molecule has 0 bridgehead atoms. The second-order valence-electron chi connectivity index (χ2n) is 26.4. The van der Waals surface area contributed by atoms with Gasteiger partial charge in [0, 0.05) is 69.8 Å². The topological polar surface area (TPSA) is 529 Å². The Morgan fingerprint density at radius 2 is 0.708 bits per heavy atom. The highest BCUT2D eigenvalue weighted by molar-refractivity contribution is 7.71. The van der Waals surface area contributed by atoms with Crippen LogP contribution in [0, 0.1) is 39.9 Å². The molecular formula is C67H71ClF4N8O32P4S4. The maximum absolute atomic E-state index is 15.8. The number of phosphoric acid groups is 4. The van der Waals surface area contributed by atoms with E-state index < -0.39 is 182 Å². The van der Waals surface area contributed by atoms with Crippen LogP contribution in [0.3, 0.4) is 0 Å². The number of aliphatic hydroxyl groups excluding tert-OH is 8. The Bertz CT molecular complexity index is 6270. The lowest BCUT2D eigenvalue weighted by molar-refractivity contribution is -0.205. The third-order valence-corrected chi connectivity index (χ3v) is 24.3. The van der Waals surface area contributed by atoms with Crippen molar-refractivity contribution in [2.75, 3.05) is 26.3 Å². The molecule has 8 aromatic rings. The molecule has 0 radical (unpaired) electrons. The number of para-hydroxylation sites is 4. The van der Waals surface area contributed by atoms with Gasteiger partial charge < -0.3 is 77.9 Å². The molecule has 16 rings (SSSR count). The SMILES string of the molecule is Cc1cn([C@@H]2O[C@](F)(COP3(=O)OCc4ccccc4O3)[C@@H](O)[C@H]2O)c(=S)[nH]c1=O.Cl.[2H]C([2H])(OP1(=O)OCc2ccccc2O1)[C@@]1(F)O[C@@H](n2ccc(=O)[nH]c2=S)[C@H](O)[C@@H]1O.[2H]C([2H])(OP1(=O)OCc2ccccc2O1)[C@@]1(F)O[C@@]([2H])(n2cc(C)c(=O)[nH]c2=S)[C@H](O)[C@@H]1O.[2H][C@@]1(n2cc(C)c(=O)[nH]c2=S)O[C@](F)(COP2(=O)OCc3ccccc3O2)[C@@H](O)[C@H]1O. The van der Waals surface area contributed by atoms with Crippen LogP contribution in [0.5, 0.6) is 23.0 Å². The molecule has 4 saturated heterocycles. The lowest BCUT2D eigenvalue weighted by Crippen LogP contribution is -2.43. The molecule has 0 saturated carbocycles. The molecule has 0 amide bonds. The van der Waals surface area contributed by atoms with Crippen molar-refractivity contribution in [2.24, 2.45) is 0 Å². The number of H-pyrrole nitrogens is 4. The lowest BCUT2D eigenvalue weighted by Gasteiger charge is -2.28. The van der Waals surface area contributed by atoms with Gasteiger partial charge in [-0.3, -0.25) is 93.6 Å². The zero-order chi connectivity index (χ0) is 91.3. The molecule has 40 nitrogen and oxygen atoms in total. The van der Waals surface area contributed by atoms with E-state index in [1.165, 1.54) is 45.2 Å². The molecule has 4 fully saturated rings. The molecule has 8 aliphatic rings. The quantitative estimate of drug-likeness (QED) is 0.0252. The van der Waals surface area contributed by atoms with E-state index >= 15 is 17.6 Å². The summed E-state index contributed by atoms with van der Waals surface area (Å²) in [6.07, 6.45) is -22.3. The average Bonchev–Trinajstić information content (AvgIpc) is 1.57. The highest BCUT2D eigenvalue weighted by atomic mass is 35.5. The van der Waals surface area contributed by atoms with E-state index in [1.807, 2.05) is 0 Å². The summed E-state index contributed by atoms with van der Waals surface area (Å²) in [7, 11) is -17.9. The maximum atomic E-state index is 15.8. The largest absolute Gasteiger partial charge is 0.530 e. The number of fused-ring (bicyclic) bond motifs is 4. The zero-order valence-corrected chi connectivity index (χ0v) is 68.8. The fourth-order valence-corrected chi connectivity index (χ4v) is 17.3. The molecule has 53 heteroatoms. The average molecular weight is 1870 g/mol. The van der Waals surface area contributed by atoms with Crippen LogP contribution in [0.2, 0.25) is 0 Å². The monoisotopic (exact) mass is 1870 g/mol. The molecule has 8 aliphatic heterocycles. The number of aryl methyl sites for hydroxylation is 3. The maximum Gasteiger partial charge on any atom is 0.530 e. The van der Waals surface area contributed by atoms with Crippen LogP contribution in [-0.2, 0) is 99.8 Å². The van der Waals surface area contributed by atoms with E-state index in [4.69, 9.17) is 130 Å². The minimum atomic E-state index is -4.77. The number of hydrogen-bond donors (Lipinski definition) is 12. The molecule has 12 heterocycles. The highest BCUT2D eigenvalue weighted by Gasteiger charge is 2.62. The van der Waals surface area contributed by atoms with Crippen molar-refractivity contribution in [1.82, 2.24) is 38.2 Å². The van der Waals surface area contributed by atoms with Gasteiger partial charge >= 0.3 is 31.3 Å². The van der Waals surface area contributed by atoms with E-state index in [9.17, 15) is 78.3 Å². The number of ether oxygens (including phenoxy) is 4. The van der Waals surface area contributed by atoms with Crippen LogP contribution in [0.4, 0.5) is 17.6 Å². The first-order valence-corrected chi connectivity index (χ1v) is 41.8. The van der Waals surface area contributed by atoms with Crippen molar-refractivity contribution in [3.05, 3.63) is 227 Å². The first kappa shape index (κ1) is 83.5. The lowest BCUT2D eigenvalue weighted by atomic mass is 10.1. The van der Waals surface area contributed by atoms with Gasteiger partial charge in [0.05, 0.1) is 34.7 Å². The van der Waals surface area contributed by atoms with Crippen molar-refractivity contribution in [3.8, 4) is 23.0 Å². The van der Waals surface area contributed by atoms with Gasteiger partial charge in [-0.15, -0.1) is 12.4 Å². The summed E-state index contributed by atoms with van der Waals surface area (Å²) in [5.41, 5.74) is 0.360. The molecule has 12 N–H and O–H groups in total. The molecule has 120 heavy (non-hydrogen) atoms. The van der Waals surface area contributed by atoms with Gasteiger partial charge in [0.25, 0.3) is 45.7 Å². The number of aliphatic hydroxyl groups is 8. The Labute approximate surface area is 706 Å². The number of benzene rings is 4. The molecule has 4 aromatic carbocycles. The summed E-state index contributed by atoms with van der Waals surface area (Å²) in [6.45, 7) is -6.18. The standard InChI is InChI=1S/3C17H18FN2O8PS.C16H16FN2O8PS.ClH/c3*1-9-6-20(16(30)19-14(9)23)15-12(21)13(22)17(18,27-15)8-26-29(24)25-7-10-4-2-3-5-11(10)28-29;17-16(8-25-28(23)24-7-9-3-1-2-4-10(9)27-28)13(22)12(21)14(26-16)19-6-5-11(20)18-15(19)29;/h3*2-6,12-13,15,21-22H,7-8H2,1H3,(H,19,23,30);1-6,12-14,21-22H,7-8H2,(H,18,20,29);1H/t3*12-,13+,15-,17-,29?;12-,13+,14-,16-,28?;/m1111./s1/i8D2,15D;15D;;8D2;. The van der Waals surface area contributed by atoms with E-state index in [0.717, 1.165) is 38.4 Å². The fraction of sp³-hybridized carbons (Fsp3) is 0.403. The Kier molecular flexibility index (Phi) is 25.1. The number of phosphoric ester groups is 4. The van der Waals surface area contributed by atoms with E-state index in [2.05, 4.69) is 19.9 Å². The van der Waals surface area contributed by atoms with E-state index in [0.29, 0.717) is 26.8 Å². The smallest absolute Gasteiger partial charge is 0.404 e. The Morgan fingerprint density at radius 1 is 0.425 bits per heavy atom. The number of rotatable bonds is 16. The van der Waals surface area contributed by atoms with Crippen molar-refractivity contribution in [2.45, 2.75) is 144 Å². The number of aromatic amines is 4. The van der Waals surface area contributed by atoms with Crippen molar-refractivity contribution < 1.29 is 158 Å². The summed E-state index contributed by atoms with van der Waals surface area (Å²) < 4.78 is 245. The molecule has 0 spiro atoms. The number of halogens is 5. The number of hydrogen-bond acceptors (Lipinski definition) is 36. The second-order valence-corrected chi connectivity index (χ2v) is 34.2. The Hall–Kier alpha value is -7.39. The van der Waals surface area contributed by atoms with E-state index in [1.54, 1.807) is 78.9 Å². The van der Waals surface area contributed by atoms with Crippen LogP contribution < -0.4 is 40.3 Å². The number of alkyl halides is 4. The molecule has 0 aliphatic carbocycles. The second kappa shape index (κ2) is 36.1. The van der Waals surface area contributed by atoms with Gasteiger partial charge in [-0.05, 0) is 93.9 Å². The molecular weight excluding hydrogens is 1790 g/mol. The third kappa shape index (κ3) is 19.4. The number of aromatic nitrogens is 8. The van der Waals surface area contributed by atoms with Crippen LogP contribution in [0.25, 0.3) is 0 Å². The molecule has 4 unspecified atom stereocenters. The van der Waals surface area contributed by atoms with Crippen LogP contribution in [-0.4, -0.2) is 178 Å². The molecule has 20 atom stereocenters. The predicted molar refractivity (Wildman–Crippen MR) is 411 cm³/mol. The van der Waals surface area contributed by atoms with Gasteiger partial charge in [0.1, 0.15) is 98.2 Å². The third-order valence-electron chi connectivity index (χ3n) is 18.1. The first-order chi connectivity index (χ1) is 58.3. The molecule has 650 valence electrons. The predicted octanol–water partition coefficient (Wildman–Crippen LogP) is 7.57. The van der Waals surface area contributed by atoms with Gasteiger partial charge in [-0.1, -0.05) is 72.8 Å². The van der Waals surface area contributed by atoms with Crippen LogP contribution >= 0.6 is 92.6 Å². The van der Waals surface area contributed by atoms with E-state index in [-0.39, 0.29) is 92.8 Å². The first-order valence-electron chi connectivity index (χ1n) is 37.3. The van der Waals surface area contributed by atoms with Crippen molar-refractivity contribution in [1.29, 1.82) is 0 Å². The van der Waals surface area contributed by atoms with Gasteiger partial charge in [-0.2, -0.15) is 0 Å². The summed E-state index contributed by atoms with van der Waals surface area (Å²) in [5, 5.41) is 82.5. The summed E-state index contributed by atoms with van der Waals surface area (Å²) >= 11 is 19.9. The van der Waals surface area contributed by atoms with Gasteiger partial charge in [0.2, 0.25) is 0 Å². The van der Waals surface area contributed by atoms with Gasteiger partial charge in [0.15, 0.2) is 43.9 Å². The van der Waals surface area contributed by atoms with Gasteiger partial charge in [-0.25, -0.2) is 35.8 Å². The zero-order valence-electron chi connectivity index (χ0n) is 67.1. The van der Waals surface area contributed by atoms with Crippen molar-refractivity contribution >= 4 is 92.6 Å². The molecule has 4 aromatic heterocycles. The number of nitrogens with one attached hydrogen (secondary N) is 4. The summed E-state index contributed by atoms with van der Waals surface area (Å²) in [4.78, 5) is 55.4. The fourth-order valence-electron chi connectivity index (χ4n) is 11.6. The Balaban J connectivity index is 0.000000152. The van der Waals surface area contributed by atoms with Crippen LogP contribution in [0.1, 0.15) is 72.0 Å². The Morgan fingerprint density at radius 3 is 1.09 bits per heavy atom. The normalized spacial score (nSPS) is 35.2.